The number of nitrogens with one attached hydrogen (secondary N) is 1. The Kier molecular flexibility index (Phi) is 3.91. The summed E-state index contributed by atoms with van der Waals surface area (Å²) in [5.41, 5.74) is 0.567. The van der Waals surface area contributed by atoms with Crippen molar-refractivity contribution in [3.05, 3.63) is 23.2 Å². The first-order valence-corrected chi connectivity index (χ1v) is 5.00. The van der Waals surface area contributed by atoms with E-state index in [9.17, 15) is 4.79 Å². The van der Waals surface area contributed by atoms with Crippen LogP contribution in [0.2, 0.25) is 0 Å². The molecule has 4 nitrogen and oxygen atoms in total. The third-order valence-electron chi connectivity index (χ3n) is 2.21. The monoisotopic (exact) mass is 211 g/mol. The van der Waals surface area contributed by atoms with Crippen LogP contribution in [0.3, 0.4) is 0 Å². The third kappa shape index (κ3) is 3.09. The van der Waals surface area contributed by atoms with Crippen molar-refractivity contribution < 1.29 is 14.3 Å². The van der Waals surface area contributed by atoms with E-state index in [0.29, 0.717) is 17.9 Å². The molecule has 1 amide bonds. The Balaban J connectivity index is 2.58. The number of hydrogen-bond acceptors (Lipinski definition) is 3. The summed E-state index contributed by atoms with van der Waals surface area (Å²) in [6, 6.07) is 1.72. The lowest BCUT2D eigenvalue weighted by molar-refractivity contribution is 0.0941. The van der Waals surface area contributed by atoms with Gasteiger partial charge in [0, 0.05) is 13.2 Å². The number of carbonyl (C=O) groups is 1. The van der Waals surface area contributed by atoms with Crippen LogP contribution >= 0.6 is 0 Å². The Morgan fingerprint density at radius 1 is 1.60 bits per heavy atom. The van der Waals surface area contributed by atoms with Crippen LogP contribution in [0.5, 0.6) is 0 Å². The molecule has 1 unspecified atom stereocenters. The average molecular weight is 211 g/mol. The molecule has 1 rings (SSSR count). The molecule has 84 valence electrons. The van der Waals surface area contributed by atoms with Crippen molar-refractivity contribution in [1.29, 1.82) is 0 Å². The number of aliphatic hydroxyl groups excluding tert-OH is 1. The molecule has 0 aromatic carbocycles. The highest BCUT2D eigenvalue weighted by atomic mass is 16.3. The summed E-state index contributed by atoms with van der Waals surface area (Å²) in [5.74, 6) is 1.28. The van der Waals surface area contributed by atoms with E-state index in [2.05, 4.69) is 5.32 Å². The van der Waals surface area contributed by atoms with E-state index in [1.807, 2.05) is 6.92 Å². The summed E-state index contributed by atoms with van der Waals surface area (Å²) in [5, 5.41) is 11.6. The van der Waals surface area contributed by atoms with Crippen molar-refractivity contribution >= 4 is 5.91 Å². The van der Waals surface area contributed by atoms with Crippen LogP contribution in [0.25, 0.3) is 0 Å². The Morgan fingerprint density at radius 2 is 2.27 bits per heavy atom. The van der Waals surface area contributed by atoms with Crippen LogP contribution in [-0.2, 0) is 0 Å². The van der Waals surface area contributed by atoms with Crippen LogP contribution < -0.4 is 5.32 Å². The van der Waals surface area contributed by atoms with Crippen molar-refractivity contribution in [1.82, 2.24) is 5.32 Å². The number of rotatable bonds is 4. The van der Waals surface area contributed by atoms with Gasteiger partial charge >= 0.3 is 0 Å². The third-order valence-corrected chi connectivity index (χ3v) is 2.21. The summed E-state index contributed by atoms with van der Waals surface area (Å²) >= 11 is 0. The van der Waals surface area contributed by atoms with Crippen molar-refractivity contribution in [2.24, 2.45) is 5.92 Å². The second kappa shape index (κ2) is 4.98. The predicted molar refractivity (Wildman–Crippen MR) is 56.8 cm³/mol. The van der Waals surface area contributed by atoms with Gasteiger partial charge in [-0.15, -0.1) is 0 Å². The fourth-order valence-electron chi connectivity index (χ4n) is 1.28. The van der Waals surface area contributed by atoms with Gasteiger partial charge in [0.2, 0.25) is 0 Å². The highest BCUT2D eigenvalue weighted by molar-refractivity contribution is 5.95. The summed E-state index contributed by atoms with van der Waals surface area (Å²) in [6.07, 6.45) is 0. The molecule has 0 aliphatic rings. The molecule has 2 N–H and O–H groups in total. The van der Waals surface area contributed by atoms with Gasteiger partial charge in [0.1, 0.15) is 11.5 Å². The van der Waals surface area contributed by atoms with Gasteiger partial charge in [0.05, 0.1) is 5.56 Å². The Bertz CT molecular complexity index is 344. The SMILES string of the molecule is Cc1cc(C(=O)NCC(C)CO)c(C)o1. The molecule has 0 bridgehead atoms. The van der Waals surface area contributed by atoms with Crippen LogP contribution in [-0.4, -0.2) is 24.2 Å². The summed E-state index contributed by atoms with van der Waals surface area (Å²) in [4.78, 5) is 11.6. The van der Waals surface area contributed by atoms with Crippen molar-refractivity contribution in [3.8, 4) is 0 Å². The molecule has 0 fully saturated rings. The highest BCUT2D eigenvalue weighted by Crippen LogP contribution is 2.13. The Morgan fingerprint density at radius 3 is 2.73 bits per heavy atom. The largest absolute Gasteiger partial charge is 0.466 e. The van der Waals surface area contributed by atoms with E-state index in [1.165, 1.54) is 0 Å². The lowest BCUT2D eigenvalue weighted by Gasteiger charge is -2.08. The lowest BCUT2D eigenvalue weighted by atomic mass is 10.2. The van der Waals surface area contributed by atoms with Crippen LogP contribution in [0.15, 0.2) is 10.5 Å². The molecular weight excluding hydrogens is 194 g/mol. The van der Waals surface area contributed by atoms with Crippen LogP contribution in [0, 0.1) is 19.8 Å². The molecule has 0 spiro atoms. The van der Waals surface area contributed by atoms with E-state index in [4.69, 9.17) is 9.52 Å². The van der Waals surface area contributed by atoms with Crippen molar-refractivity contribution in [2.45, 2.75) is 20.8 Å². The number of amides is 1. The molecule has 1 aromatic heterocycles. The standard InChI is InChI=1S/C11H17NO3/c1-7(6-13)5-12-11(14)10-4-8(2)15-9(10)3/h4,7,13H,5-6H2,1-3H3,(H,12,14). The highest BCUT2D eigenvalue weighted by Gasteiger charge is 2.13. The molecule has 4 heteroatoms. The van der Waals surface area contributed by atoms with Gasteiger partial charge < -0.3 is 14.8 Å². The predicted octanol–water partition coefficient (Wildman–Crippen LogP) is 1.25. The second-order valence-electron chi connectivity index (χ2n) is 3.82. The first kappa shape index (κ1) is 11.8. The fourth-order valence-corrected chi connectivity index (χ4v) is 1.28. The maximum atomic E-state index is 11.6. The quantitative estimate of drug-likeness (QED) is 0.788. The lowest BCUT2D eigenvalue weighted by Crippen LogP contribution is -2.29. The number of aliphatic hydroxyl groups is 1. The molecule has 0 radical (unpaired) electrons. The normalized spacial score (nSPS) is 12.5. The van der Waals surface area contributed by atoms with Gasteiger partial charge in [-0.05, 0) is 25.8 Å². The summed E-state index contributed by atoms with van der Waals surface area (Å²) < 4.78 is 5.26. The maximum absolute atomic E-state index is 11.6. The number of aryl methyl sites for hydroxylation is 2. The van der Waals surface area contributed by atoms with E-state index >= 15 is 0 Å². The molecular formula is C11H17NO3. The molecule has 1 heterocycles. The van der Waals surface area contributed by atoms with Crippen LogP contribution in [0.4, 0.5) is 0 Å². The molecule has 1 atom stereocenters. The Hall–Kier alpha value is -1.29. The van der Waals surface area contributed by atoms with E-state index in [0.717, 1.165) is 5.76 Å². The van der Waals surface area contributed by atoms with Gasteiger partial charge in [-0.3, -0.25) is 4.79 Å². The minimum absolute atomic E-state index is 0.0715. The molecule has 15 heavy (non-hydrogen) atoms. The van der Waals surface area contributed by atoms with Crippen molar-refractivity contribution in [3.63, 3.8) is 0 Å². The minimum Gasteiger partial charge on any atom is -0.466 e. The van der Waals surface area contributed by atoms with Gasteiger partial charge in [-0.2, -0.15) is 0 Å². The van der Waals surface area contributed by atoms with Gasteiger partial charge in [-0.1, -0.05) is 6.92 Å². The number of hydrogen-bond donors (Lipinski definition) is 2. The molecule has 0 saturated carbocycles. The smallest absolute Gasteiger partial charge is 0.254 e. The average Bonchev–Trinajstić information content (AvgIpc) is 2.53. The zero-order chi connectivity index (χ0) is 11.4. The summed E-state index contributed by atoms with van der Waals surface area (Å²) in [6.45, 7) is 5.98. The Labute approximate surface area is 89.3 Å². The van der Waals surface area contributed by atoms with Crippen molar-refractivity contribution in [2.75, 3.05) is 13.2 Å². The fraction of sp³-hybridized carbons (Fsp3) is 0.545. The number of carbonyl (C=O) groups excluding carboxylic acids is 1. The van der Waals surface area contributed by atoms with Gasteiger partial charge in [0.15, 0.2) is 0 Å². The first-order valence-electron chi connectivity index (χ1n) is 5.00. The first-order chi connectivity index (χ1) is 7.04. The number of furan rings is 1. The van der Waals surface area contributed by atoms with E-state index < -0.39 is 0 Å². The molecule has 0 saturated heterocycles. The van der Waals surface area contributed by atoms with Gasteiger partial charge in [-0.25, -0.2) is 0 Å². The van der Waals surface area contributed by atoms with Gasteiger partial charge in [0.25, 0.3) is 5.91 Å². The second-order valence-corrected chi connectivity index (χ2v) is 3.82. The zero-order valence-electron chi connectivity index (χ0n) is 9.33. The molecule has 0 aliphatic heterocycles. The molecule has 1 aromatic rings. The maximum Gasteiger partial charge on any atom is 0.254 e. The zero-order valence-corrected chi connectivity index (χ0v) is 9.33. The summed E-state index contributed by atoms with van der Waals surface area (Å²) in [7, 11) is 0. The van der Waals surface area contributed by atoms with E-state index in [1.54, 1.807) is 19.9 Å². The topological polar surface area (TPSA) is 62.5 Å². The van der Waals surface area contributed by atoms with E-state index in [-0.39, 0.29) is 18.4 Å². The van der Waals surface area contributed by atoms with Crippen LogP contribution in [0.1, 0.15) is 28.8 Å². The minimum atomic E-state index is -0.148. The molecule has 0 aliphatic carbocycles.